The summed E-state index contributed by atoms with van der Waals surface area (Å²) in [5.74, 6) is -0.0570. The summed E-state index contributed by atoms with van der Waals surface area (Å²) in [7, 11) is 1.97. The summed E-state index contributed by atoms with van der Waals surface area (Å²) < 4.78 is 2.02. The second-order valence-corrected chi connectivity index (χ2v) is 7.38. The number of carbonyl (C=O) groups is 1. The number of rotatable bonds is 4. The number of hydrogen-bond acceptors (Lipinski definition) is 4. The first-order valence-electron chi connectivity index (χ1n) is 8.36. The number of para-hydroxylation sites is 2. The Kier molecular flexibility index (Phi) is 4.34. The molecule has 0 spiro atoms. The maximum atomic E-state index is 12.7. The van der Waals surface area contributed by atoms with Crippen molar-refractivity contribution in [1.29, 1.82) is 0 Å². The summed E-state index contributed by atoms with van der Waals surface area (Å²) in [6.07, 6.45) is 1.75. The number of nitrogens with zero attached hydrogens (tertiary/aromatic N) is 3. The molecule has 130 valence electrons. The molecule has 1 N–H and O–H groups in total. The predicted molar refractivity (Wildman–Crippen MR) is 106 cm³/mol. The Labute approximate surface area is 155 Å². The molecule has 0 aliphatic rings. The molecule has 0 bridgehead atoms. The average Bonchev–Trinajstić information content (AvgIpc) is 2.98. The van der Waals surface area contributed by atoms with Gasteiger partial charge in [0.25, 0.3) is 0 Å². The van der Waals surface area contributed by atoms with E-state index in [-0.39, 0.29) is 11.2 Å². The van der Waals surface area contributed by atoms with Crippen LogP contribution in [-0.4, -0.2) is 25.7 Å². The normalized spacial score (nSPS) is 12.4. The predicted octanol–water partition coefficient (Wildman–Crippen LogP) is 4.24. The standard InChI is InChI=1S/C20H18N4OS/c1-13(26-20-23-17-8-3-4-11-18(17)24(20)2)19(25)22-16-10-5-9-15-14(16)7-6-12-21-15/h3-13H,1-2H3,(H,22,25). The van der Waals surface area contributed by atoms with Gasteiger partial charge >= 0.3 is 0 Å². The third-order valence-corrected chi connectivity index (χ3v) is 5.44. The van der Waals surface area contributed by atoms with Crippen LogP contribution in [0.2, 0.25) is 0 Å². The Morgan fingerprint density at radius 3 is 2.73 bits per heavy atom. The van der Waals surface area contributed by atoms with Crippen LogP contribution in [0.25, 0.3) is 21.9 Å². The minimum atomic E-state index is -0.280. The van der Waals surface area contributed by atoms with Gasteiger partial charge in [0.1, 0.15) is 0 Å². The highest BCUT2D eigenvalue weighted by molar-refractivity contribution is 8.00. The van der Waals surface area contributed by atoms with Crippen molar-refractivity contribution in [2.75, 3.05) is 5.32 Å². The van der Waals surface area contributed by atoms with Crippen LogP contribution in [0.15, 0.2) is 66.0 Å². The quantitative estimate of drug-likeness (QED) is 0.552. The molecule has 2 heterocycles. The van der Waals surface area contributed by atoms with E-state index >= 15 is 0 Å². The zero-order valence-electron chi connectivity index (χ0n) is 14.5. The maximum Gasteiger partial charge on any atom is 0.237 e. The second kappa shape index (κ2) is 6.80. The molecule has 0 saturated carbocycles. The molecule has 1 amide bonds. The van der Waals surface area contributed by atoms with E-state index in [9.17, 15) is 4.79 Å². The Balaban J connectivity index is 1.55. The van der Waals surface area contributed by atoms with E-state index < -0.39 is 0 Å². The minimum Gasteiger partial charge on any atom is -0.324 e. The van der Waals surface area contributed by atoms with E-state index in [1.807, 2.05) is 73.1 Å². The fourth-order valence-electron chi connectivity index (χ4n) is 2.89. The fraction of sp³-hybridized carbons (Fsp3) is 0.150. The first-order chi connectivity index (χ1) is 12.6. The van der Waals surface area contributed by atoms with E-state index in [2.05, 4.69) is 15.3 Å². The van der Waals surface area contributed by atoms with Gasteiger partial charge in [0, 0.05) is 18.6 Å². The van der Waals surface area contributed by atoms with Crippen LogP contribution in [0.3, 0.4) is 0 Å². The Morgan fingerprint density at radius 1 is 1.08 bits per heavy atom. The van der Waals surface area contributed by atoms with E-state index in [1.165, 1.54) is 11.8 Å². The van der Waals surface area contributed by atoms with Gasteiger partial charge in [-0.3, -0.25) is 9.78 Å². The smallest absolute Gasteiger partial charge is 0.237 e. The first-order valence-corrected chi connectivity index (χ1v) is 9.24. The Bertz CT molecular complexity index is 1100. The summed E-state index contributed by atoms with van der Waals surface area (Å²) in [6, 6.07) is 17.5. The molecule has 5 nitrogen and oxygen atoms in total. The highest BCUT2D eigenvalue weighted by atomic mass is 32.2. The Hall–Kier alpha value is -2.86. The molecule has 0 aliphatic carbocycles. The zero-order chi connectivity index (χ0) is 18.1. The van der Waals surface area contributed by atoms with Gasteiger partial charge in [0.2, 0.25) is 5.91 Å². The summed E-state index contributed by atoms with van der Waals surface area (Å²) in [4.78, 5) is 21.7. The molecule has 0 radical (unpaired) electrons. The SMILES string of the molecule is CC(Sc1nc2ccccc2n1C)C(=O)Nc1cccc2ncccc12. The van der Waals surface area contributed by atoms with Crippen LogP contribution in [0.4, 0.5) is 5.69 Å². The fourth-order valence-corrected chi connectivity index (χ4v) is 3.78. The molecule has 1 atom stereocenters. The van der Waals surface area contributed by atoms with Gasteiger partial charge in [-0.1, -0.05) is 30.0 Å². The van der Waals surface area contributed by atoms with Crippen molar-refractivity contribution in [2.45, 2.75) is 17.3 Å². The van der Waals surface area contributed by atoms with Gasteiger partial charge < -0.3 is 9.88 Å². The molecular formula is C20H18N4OS. The van der Waals surface area contributed by atoms with Gasteiger partial charge in [-0.2, -0.15) is 0 Å². The molecule has 2 aromatic heterocycles. The number of imidazole rings is 1. The number of carbonyl (C=O) groups excluding carboxylic acids is 1. The molecule has 4 rings (SSSR count). The molecule has 4 aromatic rings. The third-order valence-electron chi connectivity index (χ3n) is 4.30. The number of amides is 1. The van der Waals surface area contributed by atoms with Crippen LogP contribution in [0, 0.1) is 0 Å². The van der Waals surface area contributed by atoms with E-state index in [0.29, 0.717) is 0 Å². The number of aryl methyl sites for hydroxylation is 1. The topological polar surface area (TPSA) is 59.8 Å². The lowest BCUT2D eigenvalue weighted by Crippen LogP contribution is -2.23. The van der Waals surface area contributed by atoms with E-state index in [0.717, 1.165) is 32.8 Å². The van der Waals surface area contributed by atoms with E-state index in [4.69, 9.17) is 0 Å². The van der Waals surface area contributed by atoms with Gasteiger partial charge in [0.15, 0.2) is 5.16 Å². The number of thioether (sulfide) groups is 1. The van der Waals surface area contributed by atoms with Crippen LogP contribution >= 0.6 is 11.8 Å². The zero-order valence-corrected chi connectivity index (χ0v) is 15.3. The van der Waals surface area contributed by atoms with Crippen molar-refractivity contribution in [2.24, 2.45) is 7.05 Å². The van der Waals surface area contributed by atoms with Gasteiger partial charge in [-0.25, -0.2) is 4.98 Å². The lowest BCUT2D eigenvalue weighted by Gasteiger charge is -2.13. The van der Waals surface area contributed by atoms with Gasteiger partial charge in [0.05, 0.1) is 27.5 Å². The molecular weight excluding hydrogens is 344 g/mol. The molecule has 0 saturated heterocycles. The largest absolute Gasteiger partial charge is 0.324 e. The summed E-state index contributed by atoms with van der Waals surface area (Å²) in [6.45, 7) is 1.89. The molecule has 6 heteroatoms. The molecule has 2 aromatic carbocycles. The number of pyridine rings is 1. The second-order valence-electron chi connectivity index (χ2n) is 6.07. The number of hydrogen-bond donors (Lipinski definition) is 1. The first kappa shape index (κ1) is 16.6. The van der Waals surface area contributed by atoms with Crippen molar-refractivity contribution in [3.63, 3.8) is 0 Å². The Morgan fingerprint density at radius 2 is 1.88 bits per heavy atom. The monoisotopic (exact) mass is 362 g/mol. The van der Waals surface area contributed by atoms with Crippen molar-refractivity contribution < 1.29 is 4.79 Å². The molecule has 1 unspecified atom stereocenters. The lowest BCUT2D eigenvalue weighted by molar-refractivity contribution is -0.115. The van der Waals surface area contributed by atoms with E-state index in [1.54, 1.807) is 6.20 Å². The molecule has 0 fully saturated rings. The van der Waals surface area contributed by atoms with Crippen LogP contribution < -0.4 is 5.32 Å². The van der Waals surface area contributed by atoms with Crippen molar-refractivity contribution in [3.05, 3.63) is 60.8 Å². The van der Waals surface area contributed by atoms with Gasteiger partial charge in [-0.05, 0) is 43.3 Å². The lowest BCUT2D eigenvalue weighted by atomic mass is 10.2. The minimum absolute atomic E-state index is 0.0570. The number of nitrogens with one attached hydrogen (secondary N) is 1. The van der Waals surface area contributed by atoms with Crippen LogP contribution in [0.1, 0.15) is 6.92 Å². The number of anilines is 1. The van der Waals surface area contributed by atoms with Crippen molar-refractivity contribution >= 4 is 45.3 Å². The summed E-state index contributed by atoms with van der Waals surface area (Å²) in [5.41, 5.74) is 3.63. The van der Waals surface area contributed by atoms with Crippen LogP contribution in [-0.2, 0) is 11.8 Å². The molecule has 26 heavy (non-hydrogen) atoms. The van der Waals surface area contributed by atoms with Crippen molar-refractivity contribution in [3.8, 4) is 0 Å². The van der Waals surface area contributed by atoms with Crippen molar-refractivity contribution in [1.82, 2.24) is 14.5 Å². The highest BCUT2D eigenvalue weighted by Crippen LogP contribution is 2.28. The number of benzene rings is 2. The van der Waals surface area contributed by atoms with Gasteiger partial charge in [-0.15, -0.1) is 0 Å². The van der Waals surface area contributed by atoms with Crippen LogP contribution in [0.5, 0.6) is 0 Å². The highest BCUT2D eigenvalue weighted by Gasteiger charge is 2.19. The third kappa shape index (κ3) is 3.04. The molecule has 0 aliphatic heterocycles. The number of aromatic nitrogens is 3. The maximum absolute atomic E-state index is 12.7. The average molecular weight is 362 g/mol. The summed E-state index contributed by atoms with van der Waals surface area (Å²) in [5, 5.41) is 4.50. The number of fused-ring (bicyclic) bond motifs is 2. The summed E-state index contributed by atoms with van der Waals surface area (Å²) >= 11 is 1.45.